The third-order valence-electron chi connectivity index (χ3n) is 6.91. The number of halogens is 1. The number of nitrogens with zero attached hydrogens (tertiary/aromatic N) is 5. The molecule has 10 heteroatoms. The van der Waals surface area contributed by atoms with E-state index < -0.39 is 0 Å². The predicted molar refractivity (Wildman–Crippen MR) is 170 cm³/mol. The summed E-state index contributed by atoms with van der Waals surface area (Å²) in [5.74, 6) is 1.24. The standard InChI is InChI=1S/C32H27ClN6O2S/c1-3-38-28-7-5-4-6-26(28)27-18-21(8-17-29(27)38)19-34-35-30(40)20-42-32-37-36-31(22-9-15-25(41-2)16-10-22)39(32)24-13-11-23(33)12-14-24/h4-19H,3,20H2,1-2H3,(H,35,40)/b34-19+. The van der Waals surface area contributed by atoms with Crippen molar-refractivity contribution in [1.82, 2.24) is 24.8 Å². The number of ether oxygens (including phenoxy) is 1. The fraction of sp³-hybridized carbons (Fsp3) is 0.125. The molecule has 6 aromatic rings. The van der Waals surface area contributed by atoms with Crippen LogP contribution < -0.4 is 10.2 Å². The number of rotatable bonds is 9. The summed E-state index contributed by atoms with van der Waals surface area (Å²) in [6.07, 6.45) is 1.66. The van der Waals surface area contributed by atoms with E-state index >= 15 is 0 Å². The normalized spacial score (nSPS) is 11.5. The first-order chi connectivity index (χ1) is 20.6. The average molecular weight is 595 g/mol. The van der Waals surface area contributed by atoms with Crippen molar-refractivity contribution in [1.29, 1.82) is 0 Å². The predicted octanol–water partition coefficient (Wildman–Crippen LogP) is 6.97. The van der Waals surface area contributed by atoms with Gasteiger partial charge >= 0.3 is 0 Å². The topological polar surface area (TPSA) is 86.3 Å². The zero-order valence-corrected chi connectivity index (χ0v) is 24.6. The molecule has 0 aliphatic carbocycles. The Hall–Kier alpha value is -4.60. The van der Waals surface area contributed by atoms with Crippen molar-refractivity contribution in [3.8, 4) is 22.8 Å². The lowest BCUT2D eigenvalue weighted by Crippen LogP contribution is -2.20. The second kappa shape index (κ2) is 12.1. The number of carbonyl (C=O) groups is 1. The SMILES string of the molecule is CCn1c2ccccc2c2cc(/C=N/NC(=O)CSc3nnc(-c4ccc(OC)cc4)n3-c3ccc(Cl)cc3)ccc21. The number of nitrogens with one attached hydrogen (secondary N) is 1. The Bertz CT molecular complexity index is 1910. The van der Waals surface area contributed by atoms with E-state index in [1.54, 1.807) is 13.3 Å². The van der Waals surface area contributed by atoms with Gasteiger partial charge < -0.3 is 9.30 Å². The second-order valence-corrected chi connectivity index (χ2v) is 10.8. The number of hydrogen-bond acceptors (Lipinski definition) is 6. The molecule has 210 valence electrons. The number of methoxy groups -OCH3 is 1. The molecule has 0 radical (unpaired) electrons. The van der Waals surface area contributed by atoms with Gasteiger partial charge in [-0.2, -0.15) is 5.10 Å². The average Bonchev–Trinajstić information content (AvgIpc) is 3.59. The van der Waals surface area contributed by atoms with Gasteiger partial charge in [0.1, 0.15) is 5.75 Å². The van der Waals surface area contributed by atoms with Crippen molar-refractivity contribution < 1.29 is 9.53 Å². The summed E-state index contributed by atoms with van der Waals surface area (Å²) in [4.78, 5) is 12.7. The van der Waals surface area contributed by atoms with Crippen molar-refractivity contribution in [2.24, 2.45) is 5.10 Å². The van der Waals surface area contributed by atoms with Gasteiger partial charge in [-0.3, -0.25) is 9.36 Å². The second-order valence-electron chi connectivity index (χ2n) is 9.47. The molecule has 1 N–H and O–H groups in total. The van der Waals surface area contributed by atoms with Crippen LogP contribution in [-0.4, -0.2) is 44.3 Å². The van der Waals surface area contributed by atoms with Crippen LogP contribution >= 0.6 is 23.4 Å². The number of thioether (sulfide) groups is 1. The molecule has 0 atom stereocenters. The Morgan fingerprint density at radius 3 is 2.50 bits per heavy atom. The molecule has 0 fully saturated rings. The number of aryl methyl sites for hydroxylation is 1. The highest BCUT2D eigenvalue weighted by Gasteiger charge is 2.18. The number of carbonyl (C=O) groups excluding carboxylic acids is 1. The first kappa shape index (κ1) is 27.6. The van der Waals surface area contributed by atoms with E-state index in [4.69, 9.17) is 16.3 Å². The Morgan fingerprint density at radius 1 is 0.976 bits per heavy atom. The van der Waals surface area contributed by atoms with Crippen LogP contribution in [0.1, 0.15) is 12.5 Å². The molecule has 2 aromatic heterocycles. The largest absolute Gasteiger partial charge is 0.497 e. The highest BCUT2D eigenvalue weighted by molar-refractivity contribution is 7.99. The maximum absolute atomic E-state index is 12.7. The third-order valence-corrected chi connectivity index (χ3v) is 8.10. The van der Waals surface area contributed by atoms with E-state index in [0.717, 1.165) is 34.5 Å². The van der Waals surface area contributed by atoms with Crippen LogP contribution in [0.5, 0.6) is 5.75 Å². The number of fused-ring (bicyclic) bond motifs is 3. The highest BCUT2D eigenvalue weighted by Crippen LogP contribution is 2.31. The minimum absolute atomic E-state index is 0.106. The number of hydrogen-bond donors (Lipinski definition) is 1. The maximum atomic E-state index is 12.7. The number of hydrazone groups is 1. The summed E-state index contributed by atoms with van der Waals surface area (Å²) >= 11 is 7.41. The zero-order valence-electron chi connectivity index (χ0n) is 23.0. The Morgan fingerprint density at radius 2 is 1.74 bits per heavy atom. The molecule has 0 aliphatic rings. The van der Waals surface area contributed by atoms with Gasteiger partial charge in [0, 0.05) is 44.6 Å². The molecule has 2 heterocycles. The monoisotopic (exact) mass is 594 g/mol. The lowest BCUT2D eigenvalue weighted by Gasteiger charge is -2.11. The lowest BCUT2D eigenvalue weighted by atomic mass is 10.1. The van der Waals surface area contributed by atoms with Crippen molar-refractivity contribution in [2.45, 2.75) is 18.6 Å². The molecule has 4 aromatic carbocycles. The Labute approximate surface area is 252 Å². The first-order valence-corrected chi connectivity index (χ1v) is 14.7. The summed E-state index contributed by atoms with van der Waals surface area (Å²) < 4.78 is 9.49. The molecule has 8 nitrogen and oxygen atoms in total. The van der Waals surface area contributed by atoms with E-state index in [1.165, 1.54) is 28.2 Å². The van der Waals surface area contributed by atoms with E-state index in [-0.39, 0.29) is 11.7 Å². The smallest absolute Gasteiger partial charge is 0.250 e. The number of aromatic nitrogens is 4. The van der Waals surface area contributed by atoms with Gasteiger partial charge in [0.2, 0.25) is 0 Å². The fourth-order valence-corrected chi connectivity index (χ4v) is 5.82. The van der Waals surface area contributed by atoms with Crippen LogP contribution in [0.4, 0.5) is 0 Å². The fourth-order valence-electron chi connectivity index (χ4n) is 4.95. The molecule has 0 bridgehead atoms. The molecule has 0 spiro atoms. The summed E-state index contributed by atoms with van der Waals surface area (Å²) in [6.45, 7) is 3.03. The van der Waals surface area contributed by atoms with Crippen LogP contribution in [0.15, 0.2) is 101 Å². The summed E-state index contributed by atoms with van der Waals surface area (Å²) in [5, 5.41) is 16.6. The van der Waals surface area contributed by atoms with Crippen molar-refractivity contribution in [3.05, 3.63) is 102 Å². The van der Waals surface area contributed by atoms with Crippen LogP contribution in [-0.2, 0) is 11.3 Å². The van der Waals surface area contributed by atoms with E-state index in [0.29, 0.717) is 16.0 Å². The third kappa shape index (κ3) is 5.48. The van der Waals surface area contributed by atoms with Gasteiger partial charge in [-0.1, -0.05) is 47.6 Å². The lowest BCUT2D eigenvalue weighted by molar-refractivity contribution is -0.118. The van der Waals surface area contributed by atoms with Gasteiger partial charge in [0.15, 0.2) is 11.0 Å². The molecule has 42 heavy (non-hydrogen) atoms. The van der Waals surface area contributed by atoms with E-state index in [9.17, 15) is 4.79 Å². The number of benzene rings is 4. The highest BCUT2D eigenvalue weighted by atomic mass is 35.5. The first-order valence-electron chi connectivity index (χ1n) is 13.4. The van der Waals surface area contributed by atoms with Gasteiger partial charge in [-0.15, -0.1) is 10.2 Å². The number of amides is 1. The van der Waals surface area contributed by atoms with Gasteiger partial charge in [0.05, 0.1) is 19.1 Å². The summed E-state index contributed by atoms with van der Waals surface area (Å²) in [6, 6.07) is 29.6. The van der Waals surface area contributed by atoms with Gasteiger partial charge in [-0.25, -0.2) is 5.43 Å². The van der Waals surface area contributed by atoms with Crippen molar-refractivity contribution >= 4 is 57.3 Å². The summed E-state index contributed by atoms with van der Waals surface area (Å²) in [7, 11) is 1.62. The Kier molecular flexibility index (Phi) is 7.94. The van der Waals surface area contributed by atoms with Crippen LogP contribution in [0.3, 0.4) is 0 Å². The minimum Gasteiger partial charge on any atom is -0.497 e. The molecular weight excluding hydrogens is 568 g/mol. The molecule has 0 aliphatic heterocycles. The maximum Gasteiger partial charge on any atom is 0.250 e. The van der Waals surface area contributed by atoms with Crippen molar-refractivity contribution in [2.75, 3.05) is 12.9 Å². The zero-order chi connectivity index (χ0) is 29.1. The van der Waals surface area contributed by atoms with Gasteiger partial charge in [-0.05, 0) is 79.2 Å². The van der Waals surface area contributed by atoms with E-state index in [2.05, 4.69) is 62.5 Å². The summed E-state index contributed by atoms with van der Waals surface area (Å²) in [5.41, 5.74) is 7.61. The van der Waals surface area contributed by atoms with E-state index in [1.807, 2.05) is 65.2 Å². The quantitative estimate of drug-likeness (QED) is 0.111. The van der Waals surface area contributed by atoms with Crippen LogP contribution in [0, 0.1) is 0 Å². The molecule has 0 saturated heterocycles. The molecule has 6 rings (SSSR count). The van der Waals surface area contributed by atoms with Gasteiger partial charge in [0.25, 0.3) is 5.91 Å². The molecule has 0 unspecified atom stereocenters. The minimum atomic E-state index is -0.253. The van der Waals surface area contributed by atoms with Crippen molar-refractivity contribution in [3.63, 3.8) is 0 Å². The van der Waals surface area contributed by atoms with Crippen LogP contribution in [0.2, 0.25) is 5.02 Å². The van der Waals surface area contributed by atoms with Crippen LogP contribution in [0.25, 0.3) is 38.9 Å². The molecular formula is C32H27ClN6O2S. The number of para-hydroxylation sites is 1. The molecule has 1 amide bonds. The Balaban J connectivity index is 1.18. The molecule has 0 saturated carbocycles.